The fourth-order valence-corrected chi connectivity index (χ4v) is 5.04. The molecule has 6 N–H and O–H groups in total. The predicted molar refractivity (Wildman–Crippen MR) is 165 cm³/mol. The molecule has 0 aromatic carbocycles. The van der Waals surface area contributed by atoms with Gasteiger partial charge in [-0.25, -0.2) is 9.00 Å². The van der Waals surface area contributed by atoms with Crippen LogP contribution in [0.3, 0.4) is 0 Å². The Morgan fingerprint density at radius 2 is 1.72 bits per heavy atom. The monoisotopic (exact) mass is 629 g/mol. The minimum Gasteiger partial charge on any atom is -0.347 e. The number of hydrogen-bond donors (Lipinski definition) is 6. The fourth-order valence-electron chi connectivity index (χ4n) is 4.48. The lowest BCUT2D eigenvalue weighted by molar-refractivity contribution is -0.142. The third-order valence-corrected chi connectivity index (χ3v) is 7.88. The first kappa shape index (κ1) is 38.1. The van der Waals surface area contributed by atoms with Gasteiger partial charge in [0.15, 0.2) is 0 Å². The number of Topliss-reactive ketones (excluding diaryl/α,β-unsaturated/α-hetero) is 1. The van der Waals surface area contributed by atoms with Crippen LogP contribution in [0.1, 0.15) is 60.8 Å². The van der Waals surface area contributed by atoms with Gasteiger partial charge in [0.2, 0.25) is 28.9 Å². The van der Waals surface area contributed by atoms with Crippen molar-refractivity contribution in [3.05, 3.63) is 12.7 Å². The van der Waals surface area contributed by atoms with Crippen molar-refractivity contribution in [1.29, 1.82) is 0 Å². The zero-order chi connectivity index (χ0) is 33.0. The highest BCUT2D eigenvalue weighted by molar-refractivity contribution is 7.76. The molecule has 14 nitrogen and oxygen atoms in total. The highest BCUT2D eigenvalue weighted by atomic mass is 32.2. The van der Waals surface area contributed by atoms with Crippen molar-refractivity contribution < 1.29 is 32.7 Å². The second-order valence-corrected chi connectivity index (χ2v) is 13.7. The summed E-state index contributed by atoms with van der Waals surface area (Å²) in [6.07, 6.45) is 2.97. The summed E-state index contributed by atoms with van der Waals surface area (Å²) in [4.78, 5) is 65.3. The third kappa shape index (κ3) is 12.7. The van der Waals surface area contributed by atoms with Crippen molar-refractivity contribution in [1.82, 2.24) is 35.8 Å². The van der Waals surface area contributed by atoms with Crippen LogP contribution < -0.4 is 26.6 Å². The van der Waals surface area contributed by atoms with Crippen molar-refractivity contribution in [2.45, 2.75) is 78.9 Å². The number of rotatable bonds is 16. The zero-order valence-corrected chi connectivity index (χ0v) is 27.4. The Balaban J connectivity index is 3.00. The van der Waals surface area contributed by atoms with Crippen LogP contribution in [0.25, 0.3) is 0 Å². The first-order valence-electron chi connectivity index (χ1n) is 14.5. The van der Waals surface area contributed by atoms with Crippen molar-refractivity contribution in [2.75, 3.05) is 46.3 Å². The Labute approximate surface area is 257 Å². The summed E-state index contributed by atoms with van der Waals surface area (Å²) < 4.78 is 23.2. The molecule has 1 aliphatic rings. The maximum Gasteiger partial charge on any atom is 0.315 e. The van der Waals surface area contributed by atoms with E-state index in [0.29, 0.717) is 32.4 Å². The van der Waals surface area contributed by atoms with Crippen LogP contribution in [0.4, 0.5) is 4.79 Å². The molecule has 0 saturated carbocycles. The number of urea groups is 1. The summed E-state index contributed by atoms with van der Waals surface area (Å²) >= 11 is -2.24. The van der Waals surface area contributed by atoms with Gasteiger partial charge in [0.05, 0.1) is 6.54 Å². The van der Waals surface area contributed by atoms with Crippen LogP contribution in [-0.2, 0) is 30.4 Å². The van der Waals surface area contributed by atoms with Crippen molar-refractivity contribution in [2.24, 2.45) is 10.8 Å². The Hall–Kier alpha value is -2.88. The molecule has 1 saturated heterocycles. The molecular formula is C28H51N7O7S. The van der Waals surface area contributed by atoms with E-state index >= 15 is 0 Å². The maximum absolute atomic E-state index is 13.8. The lowest BCUT2D eigenvalue weighted by atomic mass is 9.85. The van der Waals surface area contributed by atoms with E-state index in [0.717, 1.165) is 0 Å². The number of amides is 5. The Morgan fingerprint density at radius 1 is 1.07 bits per heavy atom. The Bertz CT molecular complexity index is 1030. The van der Waals surface area contributed by atoms with Gasteiger partial charge in [-0.1, -0.05) is 47.6 Å². The molecule has 0 aliphatic carbocycles. The average molecular weight is 630 g/mol. The van der Waals surface area contributed by atoms with Crippen LogP contribution in [0, 0.1) is 10.8 Å². The smallest absolute Gasteiger partial charge is 0.315 e. The highest BCUT2D eigenvalue weighted by Gasteiger charge is 2.42. The highest BCUT2D eigenvalue weighted by Crippen LogP contribution is 2.26. The minimum atomic E-state index is -2.24. The molecule has 1 unspecified atom stereocenters. The zero-order valence-electron chi connectivity index (χ0n) is 26.6. The number of hydrogen-bond acceptors (Lipinski definition) is 7. The van der Waals surface area contributed by atoms with Gasteiger partial charge < -0.3 is 31.5 Å². The van der Waals surface area contributed by atoms with Gasteiger partial charge >= 0.3 is 6.03 Å². The second kappa shape index (κ2) is 17.4. The fraction of sp³-hybridized carbons (Fsp3) is 0.750. The molecule has 1 fully saturated rings. The molecule has 43 heavy (non-hydrogen) atoms. The number of carbonyl (C=O) groups is 5. The summed E-state index contributed by atoms with van der Waals surface area (Å²) in [6, 6.07) is -3.03. The van der Waals surface area contributed by atoms with Crippen LogP contribution in [-0.4, -0.2) is 112 Å². The number of ketones is 1. The second-order valence-electron chi connectivity index (χ2n) is 12.7. The lowest BCUT2D eigenvalue weighted by Crippen LogP contribution is -2.61. The average Bonchev–Trinajstić information content (AvgIpc) is 3.40. The largest absolute Gasteiger partial charge is 0.347 e. The molecule has 0 radical (unpaired) electrons. The van der Waals surface area contributed by atoms with Crippen molar-refractivity contribution >= 4 is 40.8 Å². The molecule has 15 heteroatoms. The van der Waals surface area contributed by atoms with Crippen LogP contribution >= 0.6 is 0 Å². The van der Waals surface area contributed by atoms with E-state index in [1.165, 1.54) is 15.3 Å². The molecule has 0 aromatic rings. The Morgan fingerprint density at radius 3 is 2.26 bits per heavy atom. The number of nitrogens with one attached hydrogen (secondary N) is 5. The summed E-state index contributed by atoms with van der Waals surface area (Å²) in [7, 11) is 1.79. The molecule has 0 spiro atoms. The van der Waals surface area contributed by atoms with Gasteiger partial charge in [-0.3, -0.25) is 23.7 Å². The first-order chi connectivity index (χ1) is 19.9. The van der Waals surface area contributed by atoms with Gasteiger partial charge in [-0.2, -0.15) is 4.31 Å². The molecule has 1 aliphatic heterocycles. The summed E-state index contributed by atoms with van der Waals surface area (Å²) in [6.45, 7) is 15.5. The topological polar surface area (TPSA) is 189 Å². The predicted octanol–water partition coefficient (Wildman–Crippen LogP) is 0.142. The van der Waals surface area contributed by atoms with E-state index in [1.54, 1.807) is 27.8 Å². The third-order valence-electron chi connectivity index (χ3n) is 7.10. The molecule has 0 bridgehead atoms. The number of nitrogens with zero attached hydrogens (tertiary/aromatic N) is 2. The molecule has 1 heterocycles. The van der Waals surface area contributed by atoms with Gasteiger partial charge in [-0.05, 0) is 43.7 Å². The summed E-state index contributed by atoms with van der Waals surface area (Å²) in [5.74, 6) is -2.68. The molecule has 5 amide bonds. The minimum absolute atomic E-state index is 0.108. The Kier molecular flexibility index (Phi) is 15.5. The van der Waals surface area contributed by atoms with E-state index in [4.69, 9.17) is 0 Å². The van der Waals surface area contributed by atoms with Gasteiger partial charge in [0, 0.05) is 32.2 Å². The maximum atomic E-state index is 13.8. The van der Waals surface area contributed by atoms with Crippen LogP contribution in [0.15, 0.2) is 12.7 Å². The molecule has 0 aromatic heterocycles. The summed E-state index contributed by atoms with van der Waals surface area (Å²) in [5.41, 5.74) is -1.22. The standard InChI is InChI=1S/C28H51N7O7S/c1-9-13-30-24(38)20(36)17-31-23(37)19-12-10-16-35(19)25(39)22(28(5,6)7)33-26(40)32-21(27(2,3)4)18-34(43(41)42)15-11-14-29-8/h9,19,21-22,29H,1,10-18H2,2-8H3,(H,30,38)(H,31,37)(H,41,42)(H2,32,33,40)/t19-,21+,22+/m0/s1. The van der Waals surface area contributed by atoms with Crippen LogP contribution in [0.2, 0.25) is 0 Å². The van der Waals surface area contributed by atoms with Crippen molar-refractivity contribution in [3.8, 4) is 0 Å². The summed E-state index contributed by atoms with van der Waals surface area (Å²) in [5, 5.41) is 13.5. The van der Waals surface area contributed by atoms with Crippen molar-refractivity contribution in [3.63, 3.8) is 0 Å². The van der Waals surface area contributed by atoms with E-state index in [-0.39, 0.29) is 19.6 Å². The molecule has 246 valence electrons. The first-order valence-corrected chi connectivity index (χ1v) is 15.6. The van der Waals surface area contributed by atoms with E-state index in [1.807, 2.05) is 20.8 Å². The molecule has 4 atom stereocenters. The molecule has 1 rings (SSSR count). The van der Waals surface area contributed by atoms with E-state index in [2.05, 4.69) is 33.2 Å². The van der Waals surface area contributed by atoms with E-state index in [9.17, 15) is 32.7 Å². The normalized spacial score (nSPS) is 17.5. The quantitative estimate of drug-likeness (QED) is 0.0602. The van der Waals surface area contributed by atoms with Gasteiger partial charge in [-0.15, -0.1) is 6.58 Å². The van der Waals surface area contributed by atoms with Crippen LogP contribution in [0.5, 0.6) is 0 Å². The number of carbonyl (C=O) groups excluding carboxylic acids is 5. The van der Waals surface area contributed by atoms with Gasteiger partial charge in [0.1, 0.15) is 12.1 Å². The lowest BCUT2D eigenvalue weighted by Gasteiger charge is -2.37. The van der Waals surface area contributed by atoms with E-state index < -0.39 is 76.3 Å². The number of likely N-dealkylation sites (tertiary alicyclic amines) is 1. The SMILES string of the molecule is C=CCNC(=O)C(=O)CNC(=O)[C@@H]1CCCN1C(=O)[C@@H](NC(=O)N[C@H](CN(CCCNC)S(=O)O)C(C)(C)C)C(C)(C)C. The molecular weight excluding hydrogens is 578 g/mol. The van der Waals surface area contributed by atoms with Gasteiger partial charge in [0.25, 0.3) is 5.91 Å².